The SMILES string of the molecule is OCc1cnc(C(F)(F)F)o1. The van der Waals surface area contributed by atoms with Gasteiger partial charge in [-0.2, -0.15) is 13.2 Å². The van der Waals surface area contributed by atoms with E-state index in [1.807, 2.05) is 0 Å². The first kappa shape index (κ1) is 8.06. The van der Waals surface area contributed by atoms with Gasteiger partial charge in [-0.05, 0) is 0 Å². The summed E-state index contributed by atoms with van der Waals surface area (Å²) in [4.78, 5) is 2.91. The summed E-state index contributed by atoms with van der Waals surface area (Å²) >= 11 is 0. The highest BCUT2D eigenvalue weighted by Crippen LogP contribution is 2.28. The molecule has 0 amide bonds. The number of oxazole rings is 1. The maximum atomic E-state index is 11.7. The quantitative estimate of drug-likeness (QED) is 0.683. The molecule has 0 saturated carbocycles. The van der Waals surface area contributed by atoms with Crippen molar-refractivity contribution in [1.82, 2.24) is 4.98 Å². The zero-order chi connectivity index (χ0) is 8.48. The Balaban J connectivity index is 2.89. The molecule has 0 fully saturated rings. The first-order valence-corrected chi connectivity index (χ1v) is 2.67. The van der Waals surface area contributed by atoms with Crippen molar-refractivity contribution in [2.45, 2.75) is 12.8 Å². The van der Waals surface area contributed by atoms with Crippen LogP contribution in [0.1, 0.15) is 11.7 Å². The molecule has 11 heavy (non-hydrogen) atoms. The van der Waals surface area contributed by atoms with Gasteiger partial charge in [-0.1, -0.05) is 0 Å². The molecule has 0 aliphatic rings. The Labute approximate surface area is 59.5 Å². The predicted octanol–water partition coefficient (Wildman–Crippen LogP) is 1.19. The van der Waals surface area contributed by atoms with E-state index in [1.165, 1.54) is 0 Å². The van der Waals surface area contributed by atoms with Gasteiger partial charge in [-0.3, -0.25) is 0 Å². The van der Waals surface area contributed by atoms with E-state index in [4.69, 9.17) is 5.11 Å². The topological polar surface area (TPSA) is 46.3 Å². The van der Waals surface area contributed by atoms with Crippen molar-refractivity contribution in [3.8, 4) is 0 Å². The molecule has 1 aromatic rings. The number of alkyl halides is 3. The maximum Gasteiger partial charge on any atom is 0.468 e. The van der Waals surface area contributed by atoms with E-state index in [9.17, 15) is 13.2 Å². The highest BCUT2D eigenvalue weighted by Gasteiger charge is 2.36. The van der Waals surface area contributed by atoms with Gasteiger partial charge < -0.3 is 9.52 Å². The Kier molecular flexibility index (Phi) is 1.86. The Morgan fingerprint density at radius 3 is 2.45 bits per heavy atom. The number of nitrogens with zero attached hydrogens (tertiary/aromatic N) is 1. The third-order valence-electron chi connectivity index (χ3n) is 0.952. The van der Waals surface area contributed by atoms with Crippen molar-refractivity contribution in [1.29, 1.82) is 0 Å². The van der Waals surface area contributed by atoms with Gasteiger partial charge in [0.05, 0.1) is 6.20 Å². The van der Waals surface area contributed by atoms with E-state index in [0.29, 0.717) is 0 Å². The van der Waals surface area contributed by atoms with Crippen molar-refractivity contribution in [2.75, 3.05) is 0 Å². The largest absolute Gasteiger partial charge is 0.468 e. The van der Waals surface area contributed by atoms with Crippen LogP contribution in [0.2, 0.25) is 0 Å². The van der Waals surface area contributed by atoms with Crippen LogP contribution in [0.4, 0.5) is 13.2 Å². The Hall–Kier alpha value is -1.04. The second-order valence-electron chi connectivity index (χ2n) is 1.79. The number of halogens is 3. The highest BCUT2D eigenvalue weighted by molar-refractivity contribution is 4.94. The highest BCUT2D eigenvalue weighted by atomic mass is 19.4. The average molecular weight is 167 g/mol. The van der Waals surface area contributed by atoms with E-state index < -0.39 is 18.7 Å². The second kappa shape index (κ2) is 2.54. The minimum absolute atomic E-state index is 0.197. The van der Waals surface area contributed by atoms with Gasteiger partial charge in [0, 0.05) is 0 Å². The van der Waals surface area contributed by atoms with E-state index in [1.54, 1.807) is 0 Å². The first-order chi connectivity index (χ1) is 5.04. The van der Waals surface area contributed by atoms with E-state index in [-0.39, 0.29) is 5.76 Å². The fourth-order valence-electron chi connectivity index (χ4n) is 0.512. The van der Waals surface area contributed by atoms with Crippen LogP contribution in [-0.2, 0) is 12.8 Å². The Morgan fingerprint density at radius 2 is 2.18 bits per heavy atom. The molecule has 0 radical (unpaired) electrons. The number of hydrogen-bond donors (Lipinski definition) is 1. The lowest BCUT2D eigenvalue weighted by atomic mass is 10.6. The molecular formula is C5H4F3NO2. The first-order valence-electron chi connectivity index (χ1n) is 2.67. The van der Waals surface area contributed by atoms with Crippen molar-refractivity contribution in [2.24, 2.45) is 0 Å². The molecule has 0 bridgehead atoms. The molecule has 1 rings (SSSR count). The van der Waals surface area contributed by atoms with Gasteiger partial charge in [-0.15, -0.1) is 0 Å². The molecule has 0 aliphatic heterocycles. The number of hydrogen-bond acceptors (Lipinski definition) is 3. The van der Waals surface area contributed by atoms with Crippen LogP contribution in [0.15, 0.2) is 10.6 Å². The molecule has 0 atom stereocenters. The molecule has 6 heteroatoms. The molecule has 1 N–H and O–H groups in total. The monoisotopic (exact) mass is 167 g/mol. The zero-order valence-corrected chi connectivity index (χ0v) is 5.22. The fraction of sp³-hybridized carbons (Fsp3) is 0.400. The predicted molar refractivity (Wildman–Crippen MR) is 27.4 cm³/mol. The summed E-state index contributed by atoms with van der Waals surface area (Å²) in [5, 5.41) is 8.32. The van der Waals surface area contributed by atoms with Crippen LogP contribution in [-0.4, -0.2) is 10.1 Å². The van der Waals surface area contributed by atoms with Crippen molar-refractivity contribution < 1.29 is 22.7 Å². The minimum atomic E-state index is -4.58. The van der Waals surface area contributed by atoms with Crippen LogP contribution < -0.4 is 0 Å². The van der Waals surface area contributed by atoms with E-state index in [0.717, 1.165) is 6.20 Å². The maximum absolute atomic E-state index is 11.7. The van der Waals surface area contributed by atoms with Crippen LogP contribution in [0, 0.1) is 0 Å². The molecule has 0 saturated heterocycles. The van der Waals surface area contributed by atoms with Crippen molar-refractivity contribution in [3.05, 3.63) is 17.8 Å². The van der Waals surface area contributed by atoms with Gasteiger partial charge in [0.2, 0.25) is 0 Å². The molecule has 0 unspecified atom stereocenters. The summed E-state index contributed by atoms with van der Waals surface area (Å²) in [6, 6.07) is 0. The Bertz CT molecular complexity index is 242. The van der Waals surface area contributed by atoms with Gasteiger partial charge in [-0.25, -0.2) is 4.98 Å². The summed E-state index contributed by atoms with van der Waals surface area (Å²) < 4.78 is 39.2. The molecule has 0 aliphatic carbocycles. The van der Waals surface area contributed by atoms with Crippen LogP contribution in [0.5, 0.6) is 0 Å². The van der Waals surface area contributed by atoms with Gasteiger partial charge >= 0.3 is 12.1 Å². The fourth-order valence-corrected chi connectivity index (χ4v) is 0.512. The second-order valence-corrected chi connectivity index (χ2v) is 1.79. The minimum Gasteiger partial charge on any atom is -0.436 e. The van der Waals surface area contributed by atoms with Crippen LogP contribution in [0.3, 0.4) is 0 Å². The van der Waals surface area contributed by atoms with Crippen molar-refractivity contribution in [3.63, 3.8) is 0 Å². The number of rotatable bonds is 1. The average Bonchev–Trinajstić information content (AvgIpc) is 2.32. The normalized spacial score (nSPS) is 12.0. The molecule has 62 valence electrons. The number of aromatic nitrogens is 1. The summed E-state index contributed by atoms with van der Waals surface area (Å²) in [6.45, 7) is -0.580. The van der Waals surface area contributed by atoms with Gasteiger partial charge in [0.25, 0.3) is 0 Å². The van der Waals surface area contributed by atoms with Gasteiger partial charge in [0.15, 0.2) is 0 Å². The lowest BCUT2D eigenvalue weighted by Gasteiger charge is -1.97. The third-order valence-corrected chi connectivity index (χ3v) is 0.952. The smallest absolute Gasteiger partial charge is 0.436 e. The van der Waals surface area contributed by atoms with Gasteiger partial charge in [0.1, 0.15) is 12.4 Å². The van der Waals surface area contributed by atoms with E-state index in [2.05, 4.69) is 9.40 Å². The zero-order valence-electron chi connectivity index (χ0n) is 5.22. The van der Waals surface area contributed by atoms with E-state index >= 15 is 0 Å². The summed E-state index contributed by atoms with van der Waals surface area (Å²) in [5.74, 6) is -1.53. The lowest BCUT2D eigenvalue weighted by molar-refractivity contribution is -0.157. The molecule has 1 heterocycles. The molecule has 0 aromatic carbocycles. The standard InChI is InChI=1S/C5H4F3NO2/c6-5(7,8)4-9-1-3(2-10)11-4/h1,10H,2H2. The summed E-state index contributed by atoms with van der Waals surface area (Å²) in [7, 11) is 0. The molecule has 3 nitrogen and oxygen atoms in total. The molecular weight excluding hydrogens is 163 g/mol. The summed E-state index contributed by atoms with van der Waals surface area (Å²) in [5.41, 5.74) is 0. The summed E-state index contributed by atoms with van der Waals surface area (Å²) in [6.07, 6.45) is -3.74. The third kappa shape index (κ3) is 1.70. The molecule has 0 spiro atoms. The van der Waals surface area contributed by atoms with Crippen LogP contribution in [0.25, 0.3) is 0 Å². The molecule has 1 aromatic heterocycles. The van der Waals surface area contributed by atoms with Crippen LogP contribution >= 0.6 is 0 Å². The number of aliphatic hydroxyl groups is 1. The Morgan fingerprint density at radius 1 is 1.55 bits per heavy atom. The van der Waals surface area contributed by atoms with Crippen molar-refractivity contribution >= 4 is 0 Å². The lowest BCUT2D eigenvalue weighted by Crippen LogP contribution is -2.04. The number of aliphatic hydroxyl groups excluding tert-OH is 1.